The molecule has 450 valence electrons. The molecule has 0 radical (unpaired) electrons. The normalized spacial score (nSPS) is 17.2. The lowest BCUT2D eigenvalue weighted by Gasteiger charge is -2.25. The van der Waals surface area contributed by atoms with Gasteiger partial charge in [0.25, 0.3) is 5.91 Å². The zero-order chi connectivity index (χ0) is 59.0. The van der Waals surface area contributed by atoms with E-state index in [-0.39, 0.29) is 57.2 Å². The molecule has 1 N–H and O–H groups in total. The molecule has 9 rings (SSSR count). The number of ether oxygens (including phenoxy) is 1. The van der Waals surface area contributed by atoms with Crippen LogP contribution in [0.3, 0.4) is 0 Å². The second kappa shape index (κ2) is 29.6. The van der Waals surface area contributed by atoms with Crippen molar-refractivity contribution in [3.63, 3.8) is 0 Å². The standard InChI is InChI=1S/C27H31Cl2N2.C24H21N3O5.C8H15NO.C2H6O4S.3CH4/c1-7-30-22-14-12-18(28)16-20(22)26(3,4)24(30)10-9-11-25-27(5,6)21-17-19(29)13-15-23(21)31(25)8-2;1-14-20(22(28)27(25-14)18-10-8-16(9-11-18)23(29)30)12-17-13-26(15(2)24(31)32-3)21-7-5-4-6-19(17)21;1-3-7(2)9-6-4-5-8(9)10;1-2-6-7(3,4)5;;;/h9-17H,7-8H2,1-6H3;4-13,15H,1-3H3,(H,29,30);7H,3-6H2,1-2H3;2H2,1H3,(H,3,4,5);3*1H4/q+1;;;;;;/p-1/b;20-12-;;;;;. The molecule has 5 aromatic rings. The van der Waals surface area contributed by atoms with Gasteiger partial charge in [0.15, 0.2) is 5.71 Å². The van der Waals surface area contributed by atoms with Crippen LogP contribution in [0.25, 0.3) is 17.0 Å². The summed E-state index contributed by atoms with van der Waals surface area (Å²) in [4.78, 5) is 51.8. The van der Waals surface area contributed by atoms with E-state index in [1.165, 1.54) is 65.1 Å². The summed E-state index contributed by atoms with van der Waals surface area (Å²) in [7, 11) is -3.07. The van der Waals surface area contributed by atoms with Crippen LogP contribution >= 0.6 is 23.2 Å². The lowest BCUT2D eigenvalue weighted by molar-refractivity contribution is -0.433. The lowest BCUT2D eigenvalue weighted by Crippen LogP contribution is -2.33. The molecule has 0 spiro atoms. The van der Waals surface area contributed by atoms with Gasteiger partial charge >= 0.3 is 11.9 Å². The number of likely N-dealkylation sites (tertiary alicyclic amines) is 1. The Labute approximate surface area is 502 Å². The Morgan fingerprint density at radius 2 is 1.52 bits per heavy atom. The minimum Gasteiger partial charge on any atom is -0.726 e. The number of likely N-dealkylation sites (N-methyl/N-ethyl adjacent to an activating group) is 1. The van der Waals surface area contributed by atoms with Crippen LogP contribution in [0.2, 0.25) is 10.0 Å². The minimum absolute atomic E-state index is 0. The first-order chi connectivity index (χ1) is 37.7. The van der Waals surface area contributed by atoms with E-state index in [2.05, 4.69) is 117 Å². The maximum absolute atomic E-state index is 13.1. The van der Waals surface area contributed by atoms with Crippen LogP contribution in [0.15, 0.2) is 126 Å². The van der Waals surface area contributed by atoms with E-state index < -0.39 is 22.4 Å². The van der Waals surface area contributed by atoms with Gasteiger partial charge in [-0.15, -0.1) is 0 Å². The van der Waals surface area contributed by atoms with E-state index in [4.69, 9.17) is 33.0 Å². The highest BCUT2D eigenvalue weighted by molar-refractivity contribution is 7.80. The summed E-state index contributed by atoms with van der Waals surface area (Å²) >= 11 is 12.7. The highest BCUT2D eigenvalue weighted by Crippen LogP contribution is 2.49. The van der Waals surface area contributed by atoms with E-state index in [0.717, 1.165) is 65.4 Å². The van der Waals surface area contributed by atoms with Gasteiger partial charge in [0.05, 0.1) is 41.7 Å². The Morgan fingerprint density at radius 1 is 0.892 bits per heavy atom. The van der Waals surface area contributed by atoms with Gasteiger partial charge < -0.3 is 28.8 Å². The monoisotopic (exact) mass is 1200 g/mol. The van der Waals surface area contributed by atoms with Crippen molar-refractivity contribution in [3.8, 4) is 0 Å². The van der Waals surface area contributed by atoms with Crippen LogP contribution in [0, 0.1) is 0 Å². The number of anilines is 2. The number of hydrogen-bond acceptors (Lipinski definition) is 11. The molecule has 4 aliphatic heterocycles. The Hall–Kier alpha value is -6.89. The molecule has 1 fully saturated rings. The quantitative estimate of drug-likeness (QED) is 0.0387. The fourth-order valence-corrected chi connectivity index (χ4v) is 11.1. The SMILES string of the molecule is C.C.C.CCC(C)N1CCCC1=O.CCN1C(=CC=CC2=[N+](CC)c3ccc(Cl)cc3C2(C)C)C(C)(C)c2cc(Cl)ccc21.CCOS(=O)(=O)[O-].COC(=O)C(C)n1cc(/C=C2\C(=O)N(c3ccc(C(=O)O)cc3)N=C2C)c2ccccc21. The number of allylic oxidation sites excluding steroid dienone is 4. The molecule has 0 bridgehead atoms. The number of para-hydroxylation sites is 1. The number of fused-ring (bicyclic) bond motifs is 3. The molecule has 4 aromatic carbocycles. The predicted molar refractivity (Wildman–Crippen MR) is 338 cm³/mol. The molecule has 0 aliphatic carbocycles. The molecular weight excluding hydrogens is 1120 g/mol. The third-order valence-electron chi connectivity index (χ3n) is 14.8. The van der Waals surface area contributed by atoms with Gasteiger partial charge in [-0.25, -0.2) is 18.0 Å². The van der Waals surface area contributed by atoms with Gasteiger partial charge in [-0.05, 0) is 147 Å². The van der Waals surface area contributed by atoms with Crippen molar-refractivity contribution in [2.24, 2.45) is 5.10 Å². The molecule has 1 aromatic heterocycles. The van der Waals surface area contributed by atoms with E-state index in [1.54, 1.807) is 32.1 Å². The van der Waals surface area contributed by atoms with Crippen molar-refractivity contribution in [3.05, 3.63) is 153 Å². The molecule has 2 unspecified atom stereocenters. The molecule has 83 heavy (non-hydrogen) atoms. The first-order valence-electron chi connectivity index (χ1n) is 26.7. The van der Waals surface area contributed by atoms with Crippen molar-refractivity contribution >= 4 is 103 Å². The van der Waals surface area contributed by atoms with Gasteiger partial charge in [-0.1, -0.05) is 90.5 Å². The van der Waals surface area contributed by atoms with Crippen LogP contribution in [0.4, 0.5) is 17.1 Å². The minimum atomic E-state index is -4.42. The molecule has 1 saturated heterocycles. The van der Waals surface area contributed by atoms with Crippen LogP contribution in [-0.2, 0) is 44.5 Å². The number of halogens is 2. The van der Waals surface area contributed by atoms with Crippen molar-refractivity contribution in [2.75, 3.05) is 43.3 Å². The Kier molecular flexibility index (Phi) is 25.1. The van der Waals surface area contributed by atoms with Crippen molar-refractivity contribution in [2.45, 2.75) is 141 Å². The maximum atomic E-state index is 13.1. The summed E-state index contributed by atoms with van der Waals surface area (Å²) in [6, 6.07) is 26.0. The van der Waals surface area contributed by atoms with Crippen LogP contribution < -0.4 is 9.91 Å². The number of hydrazone groups is 1. The zero-order valence-corrected chi connectivity index (χ0v) is 49.9. The molecule has 2 atom stereocenters. The highest BCUT2D eigenvalue weighted by Gasteiger charge is 2.44. The summed E-state index contributed by atoms with van der Waals surface area (Å²) in [5.74, 6) is -1.38. The van der Waals surface area contributed by atoms with E-state index >= 15 is 0 Å². The Morgan fingerprint density at radius 3 is 2.06 bits per heavy atom. The number of methoxy groups -OCH3 is 1. The van der Waals surface area contributed by atoms with Crippen LogP contribution in [0.5, 0.6) is 0 Å². The summed E-state index contributed by atoms with van der Waals surface area (Å²) in [6.45, 7) is 25.4. The van der Waals surface area contributed by atoms with Gasteiger partial charge in [0.2, 0.25) is 22.0 Å². The van der Waals surface area contributed by atoms with E-state index in [1.807, 2.05) is 52.1 Å². The maximum Gasteiger partial charge on any atom is 0.335 e. The third-order valence-corrected chi connectivity index (χ3v) is 15.8. The number of carboxylic acid groups (broad SMARTS) is 1. The Bertz CT molecular complexity index is 3430. The van der Waals surface area contributed by atoms with E-state index in [0.29, 0.717) is 28.9 Å². The number of carboxylic acids is 1. The average Bonchev–Trinajstić information content (AvgIpc) is 4.29. The zero-order valence-electron chi connectivity index (χ0n) is 47.5. The number of aromatic nitrogens is 1. The Balaban J connectivity index is 0.000000331. The van der Waals surface area contributed by atoms with Gasteiger partial charge in [-0.2, -0.15) is 14.7 Å². The van der Waals surface area contributed by atoms with Crippen molar-refractivity contribution in [1.29, 1.82) is 0 Å². The fraction of sp³-hybridized carbons (Fsp3) is 0.406. The number of carbonyl (C=O) groups excluding carboxylic acids is 3. The molecular formula is C64H84Cl2N6O10S. The lowest BCUT2D eigenvalue weighted by atomic mass is 9.81. The molecule has 16 nitrogen and oxygen atoms in total. The number of esters is 1. The second-order valence-corrected chi connectivity index (χ2v) is 22.5. The predicted octanol–water partition coefficient (Wildman–Crippen LogP) is 14.3. The van der Waals surface area contributed by atoms with Crippen LogP contribution in [-0.4, -0.2) is 107 Å². The number of nitrogens with zero attached hydrogens (tertiary/aromatic N) is 6. The number of amides is 2. The van der Waals surface area contributed by atoms with E-state index in [9.17, 15) is 32.1 Å². The fourth-order valence-electron chi connectivity index (χ4n) is 10.4. The molecule has 4 aliphatic rings. The van der Waals surface area contributed by atoms with Gasteiger partial charge in [-0.3, -0.25) is 13.8 Å². The van der Waals surface area contributed by atoms with Crippen LogP contribution in [0.1, 0.15) is 151 Å². The summed E-state index contributed by atoms with van der Waals surface area (Å²) < 4.78 is 41.1. The second-order valence-electron chi connectivity index (χ2n) is 20.5. The summed E-state index contributed by atoms with van der Waals surface area (Å²) in [5, 5.41) is 17.2. The molecule has 0 saturated carbocycles. The number of hydrogen-bond donors (Lipinski definition) is 1. The smallest absolute Gasteiger partial charge is 0.335 e. The number of rotatable bonds is 13. The highest BCUT2D eigenvalue weighted by atomic mass is 35.5. The largest absolute Gasteiger partial charge is 0.726 e. The average molecular weight is 1200 g/mol. The topological polar surface area (TPSA) is 194 Å². The summed E-state index contributed by atoms with van der Waals surface area (Å²) in [6.07, 6.45) is 13.2. The van der Waals surface area contributed by atoms with Gasteiger partial charge in [0, 0.05) is 92.8 Å². The number of benzene rings is 4. The summed E-state index contributed by atoms with van der Waals surface area (Å²) in [5.41, 5.74) is 10.6. The van der Waals surface area contributed by atoms with Crippen molar-refractivity contribution < 1.29 is 50.8 Å². The first-order valence-corrected chi connectivity index (χ1v) is 28.8. The first kappa shape index (κ1) is 70.4. The van der Waals surface area contributed by atoms with Crippen molar-refractivity contribution in [1.82, 2.24) is 9.47 Å². The third kappa shape index (κ3) is 15.7. The number of carbonyl (C=O) groups is 4. The molecule has 2 amide bonds. The number of aromatic carboxylic acids is 1. The van der Waals surface area contributed by atoms with Gasteiger partial charge in [0.1, 0.15) is 12.6 Å². The molecule has 19 heteroatoms. The molecule has 5 heterocycles.